The molecule has 1 aromatic carbocycles. The van der Waals surface area contributed by atoms with Crippen LogP contribution in [0.15, 0.2) is 36.8 Å². The van der Waals surface area contributed by atoms with Crippen LogP contribution in [0.5, 0.6) is 5.75 Å². The number of rotatable bonds is 13. The number of piperidine rings is 1. The third-order valence-corrected chi connectivity index (χ3v) is 9.82. The lowest BCUT2D eigenvalue weighted by atomic mass is 10.0. The number of amides is 3. The van der Waals surface area contributed by atoms with E-state index in [0.29, 0.717) is 29.9 Å². The fourth-order valence-electron chi connectivity index (χ4n) is 6.72. The number of hydrogen-bond acceptors (Lipinski definition) is 16. The molecule has 0 spiro atoms. The van der Waals surface area contributed by atoms with Crippen LogP contribution in [0.25, 0.3) is 11.0 Å². The monoisotopic (exact) mass is 807 g/mol. The average molecular weight is 808 g/mol. The van der Waals surface area contributed by atoms with Crippen LogP contribution < -0.4 is 9.64 Å². The highest BCUT2D eigenvalue weighted by Gasteiger charge is 2.38. The largest absolute Gasteiger partial charge is 0.467 e. The number of carbonyl (C=O) groups is 5. The summed E-state index contributed by atoms with van der Waals surface area (Å²) in [5, 5.41) is 21.6. The molecule has 4 atom stereocenters. The normalized spacial score (nSPS) is 19.0. The molecule has 4 heterocycles. The molecule has 0 N–H and O–H groups in total. The van der Waals surface area contributed by atoms with Crippen molar-refractivity contribution in [3.05, 3.63) is 52.5 Å². The minimum atomic E-state index is -1.18. The minimum absolute atomic E-state index is 0.00217. The quantitative estimate of drug-likeness (QED) is 0.104. The molecule has 21 heteroatoms. The number of anilines is 1. The van der Waals surface area contributed by atoms with Crippen molar-refractivity contribution in [3.8, 4) is 11.8 Å². The third kappa shape index (κ3) is 10.2. The summed E-state index contributed by atoms with van der Waals surface area (Å²) in [4.78, 5) is 88.9. The van der Waals surface area contributed by atoms with E-state index >= 15 is 0 Å². The van der Waals surface area contributed by atoms with Crippen LogP contribution in [0.4, 0.5) is 21.1 Å². The number of ether oxygens (including phenoxy) is 5. The molecule has 5 rings (SSSR count). The molecule has 2 fully saturated rings. The Morgan fingerprint density at radius 1 is 1.09 bits per heavy atom. The van der Waals surface area contributed by atoms with Crippen LogP contribution in [0.1, 0.15) is 44.6 Å². The molecule has 2 aromatic heterocycles. The van der Waals surface area contributed by atoms with Crippen molar-refractivity contribution in [1.82, 2.24) is 29.2 Å². The number of nitro groups is 1. The van der Waals surface area contributed by atoms with Gasteiger partial charge < -0.3 is 43.3 Å². The first-order valence-electron chi connectivity index (χ1n) is 18.4. The van der Waals surface area contributed by atoms with E-state index in [1.807, 2.05) is 18.0 Å². The van der Waals surface area contributed by atoms with Crippen molar-refractivity contribution < 1.29 is 52.6 Å². The van der Waals surface area contributed by atoms with Crippen molar-refractivity contribution in [2.45, 2.75) is 70.2 Å². The van der Waals surface area contributed by atoms with Gasteiger partial charge in [-0.15, -0.1) is 0 Å². The molecule has 310 valence electrons. The van der Waals surface area contributed by atoms with Gasteiger partial charge in [0.05, 0.1) is 23.5 Å². The maximum absolute atomic E-state index is 13.5. The number of nitro benzene ring substituents is 1. The first kappa shape index (κ1) is 42.6. The molecule has 2 aliphatic heterocycles. The van der Waals surface area contributed by atoms with Crippen LogP contribution in [-0.4, -0.2) is 143 Å². The SMILES string of the molecule is COC(=O)[C@@H]1C[C@H](OC(C)=O)C[C@H](Oc2ccc(COC(=O)N(C)CCN(C)C(=O)n3ccc4c(N(C)[C@@H]5CCCN(C(=O)CC#N)C5)ncnc43)cc2[N+](=O)[O-])O1. The van der Waals surface area contributed by atoms with Gasteiger partial charge in [0.2, 0.25) is 12.2 Å². The number of hydrogen-bond donors (Lipinski definition) is 0. The van der Waals surface area contributed by atoms with Gasteiger partial charge in [-0.2, -0.15) is 5.26 Å². The summed E-state index contributed by atoms with van der Waals surface area (Å²) in [5.74, 6) is -1.10. The van der Waals surface area contributed by atoms with E-state index in [1.54, 1.807) is 24.2 Å². The Hall–Kier alpha value is -6.56. The molecule has 58 heavy (non-hydrogen) atoms. The highest BCUT2D eigenvalue weighted by molar-refractivity contribution is 5.95. The summed E-state index contributed by atoms with van der Waals surface area (Å²) in [6, 6.07) is 7.13. The number of likely N-dealkylation sites (tertiary alicyclic amines) is 1. The van der Waals surface area contributed by atoms with Crippen LogP contribution in [-0.2, 0) is 39.9 Å². The summed E-state index contributed by atoms with van der Waals surface area (Å²) in [5.41, 5.74) is 0.200. The molecular formula is C37H45N9O12. The van der Waals surface area contributed by atoms with Gasteiger partial charge in [0.1, 0.15) is 31.3 Å². The van der Waals surface area contributed by atoms with Gasteiger partial charge in [0.25, 0.3) is 0 Å². The lowest BCUT2D eigenvalue weighted by Gasteiger charge is -2.38. The average Bonchev–Trinajstić information content (AvgIpc) is 3.65. The Bertz CT molecular complexity index is 2070. The van der Waals surface area contributed by atoms with Gasteiger partial charge in [-0.05, 0) is 30.5 Å². The highest BCUT2D eigenvalue weighted by atomic mass is 16.7. The molecule has 0 radical (unpaired) electrons. The van der Waals surface area contributed by atoms with E-state index in [4.69, 9.17) is 28.9 Å². The Morgan fingerprint density at radius 3 is 2.55 bits per heavy atom. The number of nitriles is 1. The zero-order valence-corrected chi connectivity index (χ0v) is 32.8. The fourth-order valence-corrected chi connectivity index (χ4v) is 6.72. The molecule has 0 aliphatic carbocycles. The summed E-state index contributed by atoms with van der Waals surface area (Å²) < 4.78 is 28.1. The van der Waals surface area contributed by atoms with Gasteiger partial charge in [-0.3, -0.25) is 24.3 Å². The van der Waals surface area contributed by atoms with E-state index in [-0.39, 0.29) is 62.2 Å². The molecule has 3 amide bonds. The molecule has 0 saturated carbocycles. The molecular weight excluding hydrogens is 762 g/mol. The van der Waals surface area contributed by atoms with Gasteiger partial charge in [0, 0.05) is 85.4 Å². The van der Waals surface area contributed by atoms with Crippen molar-refractivity contribution >= 4 is 52.5 Å². The number of esters is 2. The van der Waals surface area contributed by atoms with Crippen LogP contribution >= 0.6 is 0 Å². The maximum atomic E-state index is 13.5. The Kier molecular flexibility index (Phi) is 14.0. The third-order valence-electron chi connectivity index (χ3n) is 9.82. The summed E-state index contributed by atoms with van der Waals surface area (Å²) in [6.45, 7) is 2.13. The highest BCUT2D eigenvalue weighted by Crippen LogP contribution is 2.33. The predicted octanol–water partition coefficient (Wildman–Crippen LogP) is 2.84. The second kappa shape index (κ2) is 19.1. The number of methoxy groups -OCH3 is 1. The summed E-state index contributed by atoms with van der Waals surface area (Å²) in [7, 11) is 6.10. The Labute approximate surface area is 333 Å². The predicted molar refractivity (Wildman–Crippen MR) is 201 cm³/mol. The van der Waals surface area contributed by atoms with Crippen LogP contribution in [0.2, 0.25) is 0 Å². The molecule has 21 nitrogen and oxygen atoms in total. The molecule has 3 aromatic rings. The molecule has 0 unspecified atom stereocenters. The van der Waals surface area contributed by atoms with Crippen molar-refractivity contribution in [1.29, 1.82) is 5.26 Å². The summed E-state index contributed by atoms with van der Waals surface area (Å²) >= 11 is 0. The van der Waals surface area contributed by atoms with Gasteiger partial charge in [-0.25, -0.2) is 24.4 Å². The number of benzene rings is 1. The molecule has 2 aliphatic rings. The number of fused-ring (bicyclic) bond motifs is 1. The molecule has 0 bridgehead atoms. The standard InChI is InChI=1S/C37H45N9O12/c1-23(47)56-26-18-30(35(49)54-5)58-32(19-26)57-29-9-8-24(17-28(29)46(52)53)21-55-37(51)42(3)16-15-41(2)36(50)45-14-11-27-33(39-22-40-34(27)45)43(4)25-7-6-13-44(20-25)31(48)10-12-38/h8-9,11,14,17,22,25-26,30,32H,6-7,10,13,15-16,18-21H2,1-5H3/t25-,26+,30+,32-/m1/s1. The van der Waals surface area contributed by atoms with Crippen LogP contribution in [0.3, 0.4) is 0 Å². The topological polar surface area (TPSA) is 242 Å². The van der Waals surface area contributed by atoms with Gasteiger partial charge in [0.15, 0.2) is 17.5 Å². The van der Waals surface area contributed by atoms with E-state index in [1.165, 1.54) is 60.0 Å². The van der Waals surface area contributed by atoms with E-state index < -0.39 is 53.2 Å². The lowest BCUT2D eigenvalue weighted by molar-refractivity contribution is -0.386. The second-order valence-corrected chi connectivity index (χ2v) is 13.8. The zero-order chi connectivity index (χ0) is 42.1. The van der Waals surface area contributed by atoms with Gasteiger partial charge >= 0.3 is 29.8 Å². The maximum Gasteiger partial charge on any atom is 0.409 e. The van der Waals surface area contributed by atoms with Crippen molar-refractivity contribution in [3.63, 3.8) is 0 Å². The number of aromatic nitrogens is 3. The van der Waals surface area contributed by atoms with E-state index in [0.717, 1.165) is 12.8 Å². The first-order chi connectivity index (χ1) is 27.7. The Morgan fingerprint density at radius 2 is 1.84 bits per heavy atom. The van der Waals surface area contributed by atoms with Crippen molar-refractivity contribution in [2.24, 2.45) is 0 Å². The minimum Gasteiger partial charge on any atom is -0.467 e. The number of likely N-dealkylation sites (N-methyl/N-ethyl adjacent to an activating group) is 3. The Balaban J connectivity index is 1.15. The molecule has 2 saturated heterocycles. The number of carbonyl (C=O) groups excluding carboxylic acids is 5. The second-order valence-electron chi connectivity index (χ2n) is 13.8. The van der Waals surface area contributed by atoms with E-state index in [2.05, 4.69) is 9.97 Å². The smallest absolute Gasteiger partial charge is 0.409 e. The first-order valence-corrected chi connectivity index (χ1v) is 18.4. The fraction of sp³-hybridized carbons (Fsp3) is 0.514. The summed E-state index contributed by atoms with van der Waals surface area (Å²) in [6.07, 6.45) is 0.602. The van der Waals surface area contributed by atoms with Gasteiger partial charge in [-0.1, -0.05) is 6.07 Å². The zero-order valence-electron chi connectivity index (χ0n) is 32.8. The number of nitrogens with zero attached hydrogens (tertiary/aromatic N) is 9. The lowest BCUT2D eigenvalue weighted by Crippen LogP contribution is -2.49. The van der Waals surface area contributed by atoms with Crippen LogP contribution in [0, 0.1) is 21.4 Å². The van der Waals surface area contributed by atoms with Crippen molar-refractivity contribution in [2.75, 3.05) is 59.3 Å². The van der Waals surface area contributed by atoms with E-state index in [9.17, 15) is 34.1 Å².